The summed E-state index contributed by atoms with van der Waals surface area (Å²) in [6.45, 7) is 6.53. The van der Waals surface area contributed by atoms with Gasteiger partial charge >= 0.3 is 0 Å². The minimum atomic E-state index is 0.122. The van der Waals surface area contributed by atoms with E-state index in [1.54, 1.807) is 0 Å². The molecule has 0 heterocycles. The molecule has 0 spiro atoms. The van der Waals surface area contributed by atoms with E-state index in [0.717, 1.165) is 31.7 Å². The number of rotatable bonds is 7. The quantitative estimate of drug-likeness (QED) is 0.778. The van der Waals surface area contributed by atoms with Crippen molar-refractivity contribution in [2.45, 2.75) is 20.1 Å². The van der Waals surface area contributed by atoms with Crippen molar-refractivity contribution in [2.75, 3.05) is 33.7 Å². The zero-order chi connectivity index (χ0) is 12.7. The molecule has 0 aliphatic heterocycles. The molecule has 1 N–H and O–H groups in total. The molecule has 0 fully saturated rings. The van der Waals surface area contributed by atoms with Crippen LogP contribution in [0.1, 0.15) is 18.1 Å². The Kier molecular flexibility index (Phi) is 6.19. The molecule has 0 aromatic heterocycles. The summed E-state index contributed by atoms with van der Waals surface area (Å²) in [7, 11) is 4.29. The molecule has 0 atom stereocenters. The number of likely N-dealkylation sites (N-methyl/N-ethyl adjacent to an activating group) is 2. The Bertz CT molecular complexity index is 311. The second kappa shape index (κ2) is 7.43. The first-order chi connectivity index (χ1) is 8.15. The molecule has 0 bridgehead atoms. The number of aliphatic hydroxyl groups is 1. The first-order valence-corrected chi connectivity index (χ1v) is 6.21. The summed E-state index contributed by atoms with van der Waals surface area (Å²) < 4.78 is 0. The van der Waals surface area contributed by atoms with Crippen LogP contribution in [0.5, 0.6) is 0 Å². The van der Waals surface area contributed by atoms with Crippen molar-refractivity contribution in [3.05, 3.63) is 35.4 Å². The fourth-order valence-electron chi connectivity index (χ4n) is 1.64. The summed E-state index contributed by atoms with van der Waals surface area (Å²) in [6.07, 6.45) is 0. The molecule has 96 valence electrons. The Balaban J connectivity index is 2.36. The van der Waals surface area contributed by atoms with Gasteiger partial charge in [0.25, 0.3) is 0 Å². The molecule has 3 nitrogen and oxygen atoms in total. The molecule has 0 aliphatic rings. The van der Waals surface area contributed by atoms with E-state index in [-0.39, 0.29) is 6.61 Å². The summed E-state index contributed by atoms with van der Waals surface area (Å²) in [4.78, 5) is 4.63. The first-order valence-electron chi connectivity index (χ1n) is 6.21. The lowest BCUT2D eigenvalue weighted by atomic mass is 10.1. The van der Waals surface area contributed by atoms with Crippen LogP contribution in [0.25, 0.3) is 0 Å². The lowest BCUT2D eigenvalue weighted by molar-refractivity contribution is 0.258. The van der Waals surface area contributed by atoms with Crippen LogP contribution in [-0.4, -0.2) is 48.6 Å². The Morgan fingerprint density at radius 2 is 1.47 bits per heavy atom. The Morgan fingerprint density at radius 1 is 0.941 bits per heavy atom. The van der Waals surface area contributed by atoms with Crippen molar-refractivity contribution in [3.63, 3.8) is 0 Å². The van der Waals surface area contributed by atoms with Gasteiger partial charge in [0, 0.05) is 19.6 Å². The van der Waals surface area contributed by atoms with E-state index >= 15 is 0 Å². The predicted octanol–water partition coefficient (Wildman–Crippen LogP) is 1.56. The number of aliphatic hydroxyl groups excluding tert-OH is 1. The summed E-state index contributed by atoms with van der Waals surface area (Å²) in [5.41, 5.74) is 2.27. The van der Waals surface area contributed by atoms with Gasteiger partial charge in [0.2, 0.25) is 0 Å². The largest absolute Gasteiger partial charge is 0.392 e. The van der Waals surface area contributed by atoms with Gasteiger partial charge in [-0.15, -0.1) is 0 Å². The summed E-state index contributed by atoms with van der Waals surface area (Å²) in [5.74, 6) is 0. The SMILES string of the molecule is CCN(C)CCN(C)Cc1ccc(CO)cc1. The van der Waals surface area contributed by atoms with E-state index in [9.17, 15) is 0 Å². The van der Waals surface area contributed by atoms with Crippen LogP contribution < -0.4 is 0 Å². The minimum Gasteiger partial charge on any atom is -0.392 e. The Hall–Kier alpha value is -0.900. The lowest BCUT2D eigenvalue weighted by Crippen LogP contribution is -2.30. The molecule has 3 heteroatoms. The second-order valence-corrected chi connectivity index (χ2v) is 4.61. The molecule has 1 aromatic rings. The Labute approximate surface area is 105 Å². The zero-order valence-electron chi connectivity index (χ0n) is 11.2. The number of nitrogens with zero attached hydrogens (tertiary/aromatic N) is 2. The molecule has 1 aromatic carbocycles. The second-order valence-electron chi connectivity index (χ2n) is 4.61. The van der Waals surface area contributed by atoms with E-state index in [1.165, 1.54) is 5.56 Å². The summed E-state index contributed by atoms with van der Waals surface area (Å²) in [6, 6.07) is 8.15. The lowest BCUT2D eigenvalue weighted by Gasteiger charge is -2.21. The first kappa shape index (κ1) is 14.2. The third-order valence-corrected chi connectivity index (χ3v) is 3.06. The minimum absolute atomic E-state index is 0.122. The maximum Gasteiger partial charge on any atom is 0.0681 e. The third-order valence-electron chi connectivity index (χ3n) is 3.06. The van der Waals surface area contributed by atoms with Crippen LogP contribution in [0.3, 0.4) is 0 Å². The molecule has 0 unspecified atom stereocenters. The van der Waals surface area contributed by atoms with Gasteiger partial charge in [-0.25, -0.2) is 0 Å². The van der Waals surface area contributed by atoms with Crippen LogP contribution in [0.2, 0.25) is 0 Å². The third kappa shape index (κ3) is 5.31. The van der Waals surface area contributed by atoms with E-state index in [2.05, 4.69) is 43.0 Å². The topological polar surface area (TPSA) is 26.7 Å². The highest BCUT2D eigenvalue weighted by Gasteiger charge is 2.02. The monoisotopic (exact) mass is 236 g/mol. The van der Waals surface area contributed by atoms with Gasteiger partial charge in [0.1, 0.15) is 0 Å². The normalized spacial score (nSPS) is 11.4. The van der Waals surface area contributed by atoms with Crippen LogP contribution in [0.4, 0.5) is 0 Å². The standard InChI is InChI=1S/C14H24N2O/c1-4-15(2)9-10-16(3)11-13-5-7-14(12-17)8-6-13/h5-8,17H,4,9-12H2,1-3H3. The fraction of sp³-hybridized carbons (Fsp3) is 0.571. The fourth-order valence-corrected chi connectivity index (χ4v) is 1.64. The molecular weight excluding hydrogens is 212 g/mol. The maximum absolute atomic E-state index is 8.97. The van der Waals surface area contributed by atoms with Crippen molar-refractivity contribution in [1.82, 2.24) is 9.80 Å². The van der Waals surface area contributed by atoms with Crippen LogP contribution in [-0.2, 0) is 13.2 Å². The molecule has 0 amide bonds. The van der Waals surface area contributed by atoms with Gasteiger partial charge in [-0.1, -0.05) is 31.2 Å². The van der Waals surface area contributed by atoms with E-state index < -0.39 is 0 Å². The number of benzene rings is 1. The molecule has 1 rings (SSSR count). The average Bonchev–Trinajstić information content (AvgIpc) is 2.36. The molecular formula is C14H24N2O. The molecule has 17 heavy (non-hydrogen) atoms. The van der Waals surface area contributed by atoms with Crippen molar-refractivity contribution in [1.29, 1.82) is 0 Å². The number of hydrogen-bond donors (Lipinski definition) is 1. The van der Waals surface area contributed by atoms with Gasteiger partial charge < -0.3 is 14.9 Å². The molecule has 0 saturated carbocycles. The highest BCUT2D eigenvalue weighted by atomic mass is 16.3. The van der Waals surface area contributed by atoms with E-state index in [0.29, 0.717) is 0 Å². The Morgan fingerprint density at radius 3 is 2.00 bits per heavy atom. The van der Waals surface area contributed by atoms with Crippen LogP contribution in [0.15, 0.2) is 24.3 Å². The molecule has 0 aliphatic carbocycles. The average molecular weight is 236 g/mol. The van der Waals surface area contributed by atoms with Crippen molar-refractivity contribution in [3.8, 4) is 0 Å². The predicted molar refractivity (Wildman–Crippen MR) is 71.9 cm³/mol. The number of hydrogen-bond acceptors (Lipinski definition) is 3. The van der Waals surface area contributed by atoms with E-state index in [1.807, 2.05) is 12.1 Å². The highest BCUT2D eigenvalue weighted by Crippen LogP contribution is 2.06. The molecule has 0 radical (unpaired) electrons. The van der Waals surface area contributed by atoms with Crippen LogP contribution >= 0.6 is 0 Å². The summed E-state index contributed by atoms with van der Waals surface area (Å²) >= 11 is 0. The van der Waals surface area contributed by atoms with Gasteiger partial charge in [-0.05, 0) is 31.8 Å². The zero-order valence-corrected chi connectivity index (χ0v) is 11.2. The van der Waals surface area contributed by atoms with Crippen molar-refractivity contribution >= 4 is 0 Å². The van der Waals surface area contributed by atoms with Crippen molar-refractivity contribution in [2.24, 2.45) is 0 Å². The highest BCUT2D eigenvalue weighted by molar-refractivity contribution is 5.21. The summed E-state index contributed by atoms with van der Waals surface area (Å²) in [5, 5.41) is 8.97. The van der Waals surface area contributed by atoms with E-state index in [4.69, 9.17) is 5.11 Å². The van der Waals surface area contributed by atoms with Gasteiger partial charge in [-0.2, -0.15) is 0 Å². The van der Waals surface area contributed by atoms with Gasteiger partial charge in [0.15, 0.2) is 0 Å². The molecule has 0 saturated heterocycles. The van der Waals surface area contributed by atoms with Gasteiger partial charge in [-0.3, -0.25) is 0 Å². The smallest absolute Gasteiger partial charge is 0.0681 e. The van der Waals surface area contributed by atoms with Gasteiger partial charge in [0.05, 0.1) is 6.61 Å². The van der Waals surface area contributed by atoms with Crippen molar-refractivity contribution < 1.29 is 5.11 Å². The van der Waals surface area contributed by atoms with Crippen LogP contribution in [0, 0.1) is 0 Å². The maximum atomic E-state index is 8.97.